The number of aromatic hydroxyl groups is 1. The first-order chi connectivity index (χ1) is 14.4. The molecule has 2 N–H and O–H groups in total. The minimum atomic E-state index is -1.52. The molecule has 0 amide bonds. The molecule has 0 saturated heterocycles. The van der Waals surface area contributed by atoms with E-state index >= 15 is 8.78 Å². The van der Waals surface area contributed by atoms with Crippen LogP contribution in [-0.4, -0.2) is 37.3 Å². The predicted octanol–water partition coefficient (Wildman–Crippen LogP) is 2.37. The normalized spacial score (nSPS) is 16.0. The van der Waals surface area contributed by atoms with Crippen molar-refractivity contribution in [2.24, 2.45) is 0 Å². The highest BCUT2D eigenvalue weighted by molar-refractivity contribution is 5.96. The summed E-state index contributed by atoms with van der Waals surface area (Å²) in [4.78, 5) is 33.6. The third kappa shape index (κ3) is 2.63. The quantitative estimate of drug-likeness (QED) is 0.677. The number of carbonyl (C=O) groups is 1. The summed E-state index contributed by atoms with van der Waals surface area (Å²) in [6, 6.07) is -0.214. The molecule has 1 saturated carbocycles. The van der Waals surface area contributed by atoms with E-state index in [0.29, 0.717) is 24.8 Å². The van der Waals surface area contributed by atoms with Crippen molar-refractivity contribution in [1.82, 2.24) is 14.5 Å². The summed E-state index contributed by atoms with van der Waals surface area (Å²) < 4.78 is 32.2. The molecule has 1 aromatic carbocycles. The molecule has 5 rings (SSSR count). The van der Waals surface area contributed by atoms with E-state index in [0.717, 1.165) is 11.9 Å². The fourth-order valence-corrected chi connectivity index (χ4v) is 4.03. The zero-order valence-corrected chi connectivity index (χ0v) is 15.6. The van der Waals surface area contributed by atoms with E-state index in [1.807, 2.05) is 0 Å². The van der Waals surface area contributed by atoms with Crippen molar-refractivity contribution in [3.05, 3.63) is 57.4 Å². The van der Waals surface area contributed by atoms with Gasteiger partial charge in [-0.1, -0.05) is 0 Å². The van der Waals surface area contributed by atoms with E-state index < -0.39 is 45.4 Å². The third-order valence-corrected chi connectivity index (χ3v) is 5.65. The zero-order chi connectivity index (χ0) is 21.2. The Kier molecular flexibility index (Phi) is 3.99. The lowest BCUT2D eigenvalue weighted by Crippen LogP contribution is -2.33. The van der Waals surface area contributed by atoms with Crippen LogP contribution in [0.25, 0.3) is 10.9 Å². The average Bonchev–Trinajstić information content (AvgIpc) is 3.57. The molecule has 8 nitrogen and oxygen atoms in total. The number of carboxylic acids is 1. The lowest BCUT2D eigenvalue weighted by Gasteiger charge is -2.31. The van der Waals surface area contributed by atoms with Gasteiger partial charge < -0.3 is 19.7 Å². The van der Waals surface area contributed by atoms with Crippen molar-refractivity contribution in [3.8, 4) is 5.75 Å². The number of hydrogen-bond donors (Lipinski definition) is 2. The molecule has 10 heteroatoms. The maximum atomic E-state index is 15.7. The van der Waals surface area contributed by atoms with Crippen molar-refractivity contribution in [2.45, 2.75) is 31.8 Å². The van der Waals surface area contributed by atoms with Gasteiger partial charge in [0, 0.05) is 43.5 Å². The molecule has 1 aliphatic heterocycles. The smallest absolute Gasteiger partial charge is 0.341 e. The zero-order valence-electron chi connectivity index (χ0n) is 15.6. The highest BCUT2D eigenvalue weighted by Gasteiger charge is 2.34. The highest BCUT2D eigenvalue weighted by Crippen LogP contribution is 2.43. The first-order valence-corrected chi connectivity index (χ1v) is 9.43. The summed E-state index contributed by atoms with van der Waals surface area (Å²) in [6.07, 6.45) is 5.82. The molecule has 154 valence electrons. The van der Waals surface area contributed by atoms with Gasteiger partial charge in [0.15, 0.2) is 17.4 Å². The van der Waals surface area contributed by atoms with Gasteiger partial charge in [-0.05, 0) is 12.8 Å². The van der Waals surface area contributed by atoms with Gasteiger partial charge in [-0.3, -0.25) is 4.79 Å². The Labute approximate surface area is 168 Å². The van der Waals surface area contributed by atoms with Crippen LogP contribution in [0.5, 0.6) is 5.75 Å². The Bertz CT molecular complexity index is 1290. The van der Waals surface area contributed by atoms with Crippen LogP contribution in [0.4, 0.5) is 14.5 Å². The number of halogens is 2. The van der Waals surface area contributed by atoms with Crippen molar-refractivity contribution in [3.63, 3.8) is 0 Å². The number of benzene rings is 1. The molecule has 0 radical (unpaired) electrons. The van der Waals surface area contributed by atoms with E-state index in [9.17, 15) is 19.8 Å². The Balaban J connectivity index is 1.78. The van der Waals surface area contributed by atoms with Crippen molar-refractivity contribution >= 4 is 22.6 Å². The number of anilines is 1. The summed E-state index contributed by atoms with van der Waals surface area (Å²) in [5.74, 6) is -4.85. The largest absolute Gasteiger partial charge is 0.504 e. The first-order valence-electron chi connectivity index (χ1n) is 9.43. The van der Waals surface area contributed by atoms with E-state index in [2.05, 4.69) is 9.97 Å². The molecule has 0 spiro atoms. The Morgan fingerprint density at radius 2 is 2.00 bits per heavy atom. The van der Waals surface area contributed by atoms with Gasteiger partial charge in [0.25, 0.3) is 0 Å². The molecule has 0 unspecified atom stereocenters. The molecule has 2 aromatic heterocycles. The lowest BCUT2D eigenvalue weighted by molar-refractivity contribution is 0.0695. The van der Waals surface area contributed by atoms with Gasteiger partial charge >= 0.3 is 5.97 Å². The van der Waals surface area contributed by atoms with E-state index in [1.165, 1.54) is 15.8 Å². The number of hydrogen-bond acceptors (Lipinski definition) is 6. The van der Waals surface area contributed by atoms with Gasteiger partial charge in [0.2, 0.25) is 5.43 Å². The number of phenols is 1. The molecular weight excluding hydrogens is 398 g/mol. The van der Waals surface area contributed by atoms with Gasteiger partial charge in [-0.2, -0.15) is 0 Å². The van der Waals surface area contributed by atoms with Crippen molar-refractivity contribution < 1.29 is 23.8 Å². The minimum Gasteiger partial charge on any atom is -0.504 e. The average molecular weight is 414 g/mol. The number of fused-ring (bicyclic) bond motifs is 2. The summed E-state index contributed by atoms with van der Waals surface area (Å²) in [7, 11) is 0. The molecule has 30 heavy (non-hydrogen) atoms. The summed E-state index contributed by atoms with van der Waals surface area (Å²) in [5.41, 5.74) is -0.993. The Hall–Kier alpha value is -3.56. The number of pyridine rings is 1. The van der Waals surface area contributed by atoms with Gasteiger partial charge in [-0.15, -0.1) is 0 Å². The minimum absolute atomic E-state index is 0.135. The van der Waals surface area contributed by atoms with Gasteiger partial charge in [0.05, 0.1) is 16.6 Å². The van der Waals surface area contributed by atoms with Crippen LogP contribution in [-0.2, 0) is 13.0 Å². The number of aromatic carboxylic acids is 1. The number of phenolic OH excluding ortho intramolecular Hbond substituents is 1. The van der Waals surface area contributed by atoms with Crippen LogP contribution in [0.2, 0.25) is 0 Å². The monoisotopic (exact) mass is 414 g/mol. The van der Waals surface area contributed by atoms with Crippen molar-refractivity contribution in [2.75, 3.05) is 11.4 Å². The molecule has 3 aromatic rings. The van der Waals surface area contributed by atoms with Crippen LogP contribution in [0, 0.1) is 11.6 Å². The standard InChI is InChI=1S/C20H16F2N4O4/c21-14-16-13(18(27)11(20(29)30)7-26(16)10-1-2-10)19(28)15(22)17(14)25-4-3-12-9(6-25)5-23-8-24-12/h5,7-8,10,28H,1-4,6H2,(H,29,30). The van der Waals surface area contributed by atoms with Crippen LogP contribution in [0.15, 0.2) is 23.5 Å². The van der Waals surface area contributed by atoms with Crippen LogP contribution in [0.3, 0.4) is 0 Å². The van der Waals surface area contributed by atoms with E-state index in [4.69, 9.17) is 0 Å². The summed E-state index contributed by atoms with van der Waals surface area (Å²) >= 11 is 0. The van der Waals surface area contributed by atoms with Gasteiger partial charge in [-0.25, -0.2) is 23.5 Å². The number of rotatable bonds is 3. The van der Waals surface area contributed by atoms with Gasteiger partial charge in [0.1, 0.15) is 17.6 Å². The van der Waals surface area contributed by atoms with Crippen LogP contribution < -0.4 is 10.3 Å². The second kappa shape index (κ2) is 6.48. The SMILES string of the molecule is O=C(O)c1cn(C2CC2)c2c(F)c(N3CCc4ncncc4C3)c(F)c(O)c2c1=O. The maximum absolute atomic E-state index is 15.7. The fraction of sp³-hybridized carbons (Fsp3) is 0.300. The van der Waals surface area contributed by atoms with Crippen molar-refractivity contribution in [1.29, 1.82) is 0 Å². The number of aromatic nitrogens is 3. The van der Waals surface area contributed by atoms with Crippen LogP contribution in [0.1, 0.15) is 40.5 Å². The summed E-state index contributed by atoms with van der Waals surface area (Å²) in [6.45, 7) is 0.388. The van der Waals surface area contributed by atoms with E-state index in [-0.39, 0.29) is 24.6 Å². The molecule has 2 aliphatic rings. The fourth-order valence-electron chi connectivity index (χ4n) is 4.03. The van der Waals surface area contributed by atoms with Crippen LogP contribution >= 0.6 is 0 Å². The number of nitrogens with zero attached hydrogens (tertiary/aromatic N) is 4. The Morgan fingerprint density at radius 3 is 2.70 bits per heavy atom. The molecule has 3 heterocycles. The second-order valence-electron chi connectivity index (χ2n) is 7.53. The second-order valence-corrected chi connectivity index (χ2v) is 7.53. The lowest BCUT2D eigenvalue weighted by atomic mass is 10.0. The first kappa shape index (κ1) is 18.5. The maximum Gasteiger partial charge on any atom is 0.341 e. The number of carboxylic acid groups (broad SMARTS) is 1. The topological polar surface area (TPSA) is 109 Å². The molecule has 0 bridgehead atoms. The highest BCUT2D eigenvalue weighted by atomic mass is 19.1. The molecular formula is C20H16F2N4O4. The molecule has 0 atom stereocenters. The third-order valence-electron chi connectivity index (χ3n) is 5.65. The summed E-state index contributed by atoms with van der Waals surface area (Å²) in [5, 5.41) is 19.2. The Morgan fingerprint density at radius 1 is 1.23 bits per heavy atom. The molecule has 1 fully saturated rings. The van der Waals surface area contributed by atoms with E-state index in [1.54, 1.807) is 6.20 Å². The molecule has 1 aliphatic carbocycles. The predicted molar refractivity (Wildman–Crippen MR) is 102 cm³/mol.